The summed E-state index contributed by atoms with van der Waals surface area (Å²) in [5.41, 5.74) is 4.04. The third-order valence-corrected chi connectivity index (χ3v) is 3.17. The molecular weight excluding hydrogens is 227 g/mol. The van der Waals surface area contributed by atoms with Crippen LogP contribution in [0, 0.1) is 26.6 Å². The van der Waals surface area contributed by atoms with E-state index in [-0.39, 0.29) is 5.82 Å². The van der Waals surface area contributed by atoms with Crippen molar-refractivity contribution >= 4 is 0 Å². The van der Waals surface area contributed by atoms with Gasteiger partial charge >= 0.3 is 0 Å². The minimum Gasteiger partial charge on any atom is -0.384 e. The molecule has 18 heavy (non-hydrogen) atoms. The molecule has 0 amide bonds. The van der Waals surface area contributed by atoms with Crippen molar-refractivity contribution in [2.45, 2.75) is 26.9 Å². The van der Waals surface area contributed by atoms with E-state index in [0.29, 0.717) is 5.56 Å². The van der Waals surface area contributed by atoms with Crippen molar-refractivity contribution < 1.29 is 9.50 Å². The third kappa shape index (κ3) is 2.44. The van der Waals surface area contributed by atoms with Gasteiger partial charge in [-0.3, -0.25) is 0 Å². The summed E-state index contributed by atoms with van der Waals surface area (Å²) in [5, 5.41) is 10.3. The Labute approximate surface area is 107 Å². The number of aliphatic hydroxyl groups is 1. The molecule has 2 heteroatoms. The van der Waals surface area contributed by atoms with E-state index in [1.165, 1.54) is 6.07 Å². The highest BCUT2D eigenvalue weighted by molar-refractivity contribution is 5.38. The number of benzene rings is 2. The molecule has 2 rings (SSSR count). The number of hydrogen-bond acceptors (Lipinski definition) is 1. The minimum absolute atomic E-state index is 0.326. The summed E-state index contributed by atoms with van der Waals surface area (Å²) in [6, 6.07) is 10.7. The zero-order valence-corrected chi connectivity index (χ0v) is 10.9. The largest absolute Gasteiger partial charge is 0.384 e. The quantitative estimate of drug-likeness (QED) is 0.851. The monoisotopic (exact) mass is 244 g/mol. The van der Waals surface area contributed by atoms with Crippen LogP contribution in [0.4, 0.5) is 4.39 Å². The van der Waals surface area contributed by atoms with Crippen molar-refractivity contribution in [3.05, 3.63) is 70.0 Å². The molecule has 0 aliphatic carbocycles. The van der Waals surface area contributed by atoms with Gasteiger partial charge in [0.25, 0.3) is 0 Å². The fourth-order valence-corrected chi connectivity index (χ4v) is 2.15. The van der Waals surface area contributed by atoms with E-state index in [2.05, 4.69) is 0 Å². The lowest BCUT2D eigenvalue weighted by molar-refractivity contribution is 0.214. The van der Waals surface area contributed by atoms with Crippen LogP contribution in [0.5, 0.6) is 0 Å². The summed E-state index contributed by atoms with van der Waals surface area (Å²) >= 11 is 0. The second kappa shape index (κ2) is 4.91. The molecule has 0 aliphatic rings. The van der Waals surface area contributed by atoms with Crippen molar-refractivity contribution in [3.8, 4) is 0 Å². The smallest absolute Gasteiger partial charge is 0.129 e. The molecule has 1 N–H and O–H groups in total. The van der Waals surface area contributed by atoms with Crippen molar-refractivity contribution in [3.63, 3.8) is 0 Å². The Kier molecular flexibility index (Phi) is 3.48. The Hall–Kier alpha value is -1.67. The van der Waals surface area contributed by atoms with E-state index in [0.717, 1.165) is 22.3 Å². The first-order chi connectivity index (χ1) is 8.49. The lowest BCUT2D eigenvalue weighted by Crippen LogP contribution is -2.05. The van der Waals surface area contributed by atoms with Crippen LogP contribution in [-0.4, -0.2) is 5.11 Å². The highest BCUT2D eigenvalue weighted by atomic mass is 19.1. The Bertz CT molecular complexity index is 524. The molecule has 0 aromatic heterocycles. The second-order valence-corrected chi connectivity index (χ2v) is 4.79. The maximum Gasteiger partial charge on any atom is 0.129 e. The predicted octanol–water partition coefficient (Wildman–Crippen LogP) is 3.83. The van der Waals surface area contributed by atoms with E-state index in [1.807, 2.05) is 45.0 Å². The van der Waals surface area contributed by atoms with E-state index < -0.39 is 6.10 Å². The highest BCUT2D eigenvalue weighted by Gasteiger charge is 2.16. The minimum atomic E-state index is -0.911. The number of aryl methyl sites for hydroxylation is 3. The Balaban J connectivity index is 2.44. The van der Waals surface area contributed by atoms with Gasteiger partial charge in [-0.05, 0) is 43.5 Å². The molecule has 0 saturated carbocycles. The normalized spacial score (nSPS) is 12.5. The lowest BCUT2D eigenvalue weighted by Gasteiger charge is -2.15. The number of rotatable bonds is 2. The Morgan fingerprint density at radius 1 is 0.889 bits per heavy atom. The molecule has 0 radical (unpaired) electrons. The number of hydrogen-bond donors (Lipinski definition) is 1. The number of halogens is 1. The van der Waals surface area contributed by atoms with Crippen LogP contribution in [-0.2, 0) is 0 Å². The van der Waals surface area contributed by atoms with Gasteiger partial charge in [-0.15, -0.1) is 0 Å². The molecule has 0 heterocycles. The zero-order valence-electron chi connectivity index (χ0n) is 10.9. The van der Waals surface area contributed by atoms with Crippen molar-refractivity contribution in [1.29, 1.82) is 0 Å². The summed E-state index contributed by atoms with van der Waals surface area (Å²) in [4.78, 5) is 0. The maximum absolute atomic E-state index is 13.8. The Morgan fingerprint density at radius 3 is 2.00 bits per heavy atom. The van der Waals surface area contributed by atoms with Crippen LogP contribution in [0.25, 0.3) is 0 Å². The molecule has 94 valence electrons. The van der Waals surface area contributed by atoms with E-state index in [4.69, 9.17) is 0 Å². The van der Waals surface area contributed by atoms with E-state index in [9.17, 15) is 9.50 Å². The summed E-state index contributed by atoms with van der Waals surface area (Å²) in [5.74, 6) is -0.359. The van der Waals surface area contributed by atoms with Gasteiger partial charge < -0.3 is 5.11 Å². The first kappa shape index (κ1) is 12.8. The second-order valence-electron chi connectivity index (χ2n) is 4.79. The first-order valence-electron chi connectivity index (χ1n) is 6.00. The van der Waals surface area contributed by atoms with E-state index in [1.54, 1.807) is 6.07 Å². The molecular formula is C16H17FO. The molecule has 2 aromatic rings. The zero-order chi connectivity index (χ0) is 13.3. The predicted molar refractivity (Wildman–Crippen MR) is 71.1 cm³/mol. The van der Waals surface area contributed by atoms with Gasteiger partial charge in [0.1, 0.15) is 11.9 Å². The van der Waals surface area contributed by atoms with Crippen LogP contribution in [0.1, 0.15) is 33.9 Å². The van der Waals surface area contributed by atoms with Crippen molar-refractivity contribution in [2.75, 3.05) is 0 Å². The van der Waals surface area contributed by atoms with Crippen LogP contribution >= 0.6 is 0 Å². The average Bonchev–Trinajstić information content (AvgIpc) is 2.28. The van der Waals surface area contributed by atoms with Gasteiger partial charge in [0, 0.05) is 5.56 Å². The SMILES string of the molecule is Cc1ccc(C(O)c2ccc(C)cc2F)c(C)c1. The topological polar surface area (TPSA) is 20.2 Å². The van der Waals surface area contributed by atoms with Gasteiger partial charge in [-0.25, -0.2) is 4.39 Å². The highest BCUT2D eigenvalue weighted by Crippen LogP contribution is 2.27. The molecule has 0 saturated heterocycles. The lowest BCUT2D eigenvalue weighted by atomic mass is 9.95. The average molecular weight is 244 g/mol. The molecule has 0 bridgehead atoms. The van der Waals surface area contributed by atoms with Gasteiger partial charge in [-0.2, -0.15) is 0 Å². The molecule has 1 nitrogen and oxygen atoms in total. The third-order valence-electron chi connectivity index (χ3n) is 3.17. The molecule has 0 fully saturated rings. The number of aliphatic hydroxyl groups excluding tert-OH is 1. The fraction of sp³-hybridized carbons (Fsp3) is 0.250. The fourth-order valence-electron chi connectivity index (χ4n) is 2.15. The van der Waals surface area contributed by atoms with Gasteiger partial charge in [0.2, 0.25) is 0 Å². The van der Waals surface area contributed by atoms with Crippen LogP contribution < -0.4 is 0 Å². The standard InChI is InChI=1S/C16H17FO/c1-10-4-6-13(12(3)8-10)16(18)14-7-5-11(2)9-15(14)17/h4-9,16,18H,1-3H3. The van der Waals surface area contributed by atoms with Gasteiger partial charge in [0.05, 0.1) is 0 Å². The molecule has 0 spiro atoms. The van der Waals surface area contributed by atoms with Crippen LogP contribution in [0.3, 0.4) is 0 Å². The molecule has 1 atom stereocenters. The summed E-state index contributed by atoms with van der Waals surface area (Å²) in [6.45, 7) is 5.75. The van der Waals surface area contributed by atoms with Crippen molar-refractivity contribution in [2.24, 2.45) is 0 Å². The van der Waals surface area contributed by atoms with Gasteiger partial charge in [0.15, 0.2) is 0 Å². The van der Waals surface area contributed by atoms with Gasteiger partial charge in [-0.1, -0.05) is 35.9 Å². The van der Waals surface area contributed by atoms with Crippen LogP contribution in [0.15, 0.2) is 36.4 Å². The summed E-state index contributed by atoms with van der Waals surface area (Å²) in [7, 11) is 0. The molecule has 1 unspecified atom stereocenters. The molecule has 0 aliphatic heterocycles. The summed E-state index contributed by atoms with van der Waals surface area (Å²) in [6.07, 6.45) is -0.911. The van der Waals surface area contributed by atoms with Crippen molar-refractivity contribution in [1.82, 2.24) is 0 Å². The molecule has 2 aromatic carbocycles. The van der Waals surface area contributed by atoms with Crippen LogP contribution in [0.2, 0.25) is 0 Å². The summed E-state index contributed by atoms with van der Waals surface area (Å²) < 4.78 is 13.8. The Morgan fingerprint density at radius 2 is 1.44 bits per heavy atom. The maximum atomic E-state index is 13.8. The van der Waals surface area contributed by atoms with E-state index >= 15 is 0 Å². The first-order valence-corrected chi connectivity index (χ1v) is 6.00.